The molecule has 4 N–H and O–H groups in total. The van der Waals surface area contributed by atoms with Gasteiger partial charge in [0.2, 0.25) is 11.9 Å². The van der Waals surface area contributed by atoms with Gasteiger partial charge in [0, 0.05) is 13.2 Å². The van der Waals surface area contributed by atoms with Crippen LogP contribution >= 0.6 is 0 Å². The quantitative estimate of drug-likeness (QED) is 0.564. The molecule has 7 heteroatoms. The Morgan fingerprint density at radius 1 is 1.00 bits per heavy atom. The number of nitrogens with zero attached hydrogens (tertiary/aromatic N) is 5. The maximum atomic E-state index is 5.91. The van der Waals surface area contributed by atoms with Crippen LogP contribution in [0.15, 0.2) is 42.6 Å². The van der Waals surface area contributed by atoms with Gasteiger partial charge in [-0.25, -0.2) is 4.98 Å². The third kappa shape index (κ3) is 2.94. The van der Waals surface area contributed by atoms with E-state index in [1.54, 1.807) is 6.20 Å². The summed E-state index contributed by atoms with van der Waals surface area (Å²) in [5.74, 6) is 0.951. The van der Waals surface area contributed by atoms with E-state index >= 15 is 0 Å². The molecule has 2 heterocycles. The third-order valence-electron chi connectivity index (χ3n) is 5.24. The molecule has 0 saturated carbocycles. The average molecular weight is 373 g/mol. The molecule has 0 aliphatic rings. The minimum atomic E-state index is 0.0648. The van der Waals surface area contributed by atoms with Gasteiger partial charge in [-0.1, -0.05) is 43.3 Å². The van der Waals surface area contributed by atoms with Gasteiger partial charge in [0.05, 0.1) is 11.4 Å². The molecule has 28 heavy (non-hydrogen) atoms. The number of hydrogen-bond acceptors (Lipinski definition) is 7. The molecule has 7 nitrogen and oxygen atoms in total. The summed E-state index contributed by atoms with van der Waals surface area (Å²) >= 11 is 0. The molecule has 4 aromatic rings. The van der Waals surface area contributed by atoms with Gasteiger partial charge < -0.3 is 16.4 Å². The lowest BCUT2D eigenvalue weighted by atomic mass is 9.92. The summed E-state index contributed by atoms with van der Waals surface area (Å²) in [4.78, 5) is 19.3. The molecule has 0 saturated heterocycles. The molecule has 4 rings (SSSR count). The van der Waals surface area contributed by atoms with Gasteiger partial charge in [-0.2, -0.15) is 15.0 Å². The minimum Gasteiger partial charge on any atom is -0.383 e. The monoisotopic (exact) mass is 373 g/mol. The summed E-state index contributed by atoms with van der Waals surface area (Å²) in [5.41, 5.74) is 14.7. The van der Waals surface area contributed by atoms with Crippen LogP contribution in [-0.4, -0.2) is 27.0 Å². The molecule has 0 bridgehead atoms. The second-order valence-corrected chi connectivity index (χ2v) is 6.87. The number of anilines is 3. The second kappa shape index (κ2) is 6.92. The van der Waals surface area contributed by atoms with Crippen molar-refractivity contribution in [1.82, 2.24) is 19.9 Å². The predicted molar refractivity (Wildman–Crippen MR) is 114 cm³/mol. The maximum absolute atomic E-state index is 5.91. The number of aromatic nitrogens is 4. The summed E-state index contributed by atoms with van der Waals surface area (Å²) in [6.45, 7) is 4.34. The largest absolute Gasteiger partial charge is 0.383 e. The van der Waals surface area contributed by atoms with Crippen LogP contribution in [-0.2, 0) is 6.42 Å². The van der Waals surface area contributed by atoms with Crippen molar-refractivity contribution in [2.75, 3.05) is 23.4 Å². The summed E-state index contributed by atoms with van der Waals surface area (Å²) in [5, 5.41) is 3.07. The number of fused-ring (bicyclic) bond motifs is 2. The van der Waals surface area contributed by atoms with E-state index in [-0.39, 0.29) is 17.8 Å². The standard InChI is InChI=1S/C21H23N7/c1-4-13-9-10-14-7-5-6-8-15(14)17(13)12(2)28(3)21-24-11-16-18(22)25-20(23)26-19(16)27-21/h5-12H,4H2,1-3H3,(H4,22,23,24,25,26,27). The van der Waals surface area contributed by atoms with Crippen molar-refractivity contribution in [3.63, 3.8) is 0 Å². The van der Waals surface area contributed by atoms with Crippen molar-refractivity contribution in [2.24, 2.45) is 0 Å². The molecular weight excluding hydrogens is 350 g/mol. The topological polar surface area (TPSA) is 107 Å². The van der Waals surface area contributed by atoms with Gasteiger partial charge in [0.15, 0.2) is 5.65 Å². The van der Waals surface area contributed by atoms with E-state index in [0.29, 0.717) is 17.0 Å². The SMILES string of the molecule is CCc1ccc2ccccc2c1C(C)N(C)c1ncc2c(N)nc(N)nc2n1. The van der Waals surface area contributed by atoms with Gasteiger partial charge in [-0.3, -0.25) is 0 Å². The fourth-order valence-corrected chi connectivity index (χ4v) is 3.63. The lowest BCUT2D eigenvalue weighted by Crippen LogP contribution is -2.25. The van der Waals surface area contributed by atoms with Crippen LogP contribution in [0.2, 0.25) is 0 Å². The fourth-order valence-electron chi connectivity index (χ4n) is 3.63. The molecule has 0 amide bonds. The zero-order valence-electron chi connectivity index (χ0n) is 16.2. The van der Waals surface area contributed by atoms with Crippen LogP contribution < -0.4 is 16.4 Å². The van der Waals surface area contributed by atoms with E-state index in [0.717, 1.165) is 6.42 Å². The Labute approximate surface area is 163 Å². The van der Waals surface area contributed by atoms with Gasteiger partial charge >= 0.3 is 0 Å². The highest BCUT2D eigenvalue weighted by Crippen LogP contribution is 2.33. The van der Waals surface area contributed by atoms with E-state index in [1.165, 1.54) is 21.9 Å². The number of benzene rings is 2. The molecule has 0 spiro atoms. The van der Waals surface area contributed by atoms with Gasteiger partial charge in [0.25, 0.3) is 0 Å². The Morgan fingerprint density at radius 3 is 2.57 bits per heavy atom. The molecule has 2 aromatic carbocycles. The van der Waals surface area contributed by atoms with Crippen LogP contribution in [0.1, 0.15) is 31.0 Å². The van der Waals surface area contributed by atoms with Crippen molar-refractivity contribution in [1.29, 1.82) is 0 Å². The normalized spacial score (nSPS) is 12.4. The van der Waals surface area contributed by atoms with Gasteiger partial charge in [-0.15, -0.1) is 0 Å². The van der Waals surface area contributed by atoms with E-state index in [9.17, 15) is 0 Å². The highest BCUT2D eigenvalue weighted by molar-refractivity contribution is 5.88. The van der Waals surface area contributed by atoms with E-state index in [2.05, 4.69) is 75.1 Å². The Bertz CT molecular complexity index is 1170. The predicted octanol–water partition coefficient (Wildman–Crippen LogP) is 3.50. The van der Waals surface area contributed by atoms with Crippen LogP contribution in [0.25, 0.3) is 21.8 Å². The maximum Gasteiger partial charge on any atom is 0.227 e. The number of nitrogen functional groups attached to an aromatic ring is 2. The molecular formula is C21H23N7. The smallest absolute Gasteiger partial charge is 0.227 e. The Kier molecular flexibility index (Phi) is 4.43. The average Bonchev–Trinajstić information content (AvgIpc) is 2.71. The first-order valence-corrected chi connectivity index (χ1v) is 9.28. The zero-order chi connectivity index (χ0) is 19.8. The number of hydrogen-bond donors (Lipinski definition) is 2. The molecule has 0 aliphatic carbocycles. The number of aryl methyl sites for hydroxylation is 1. The minimum absolute atomic E-state index is 0.0648. The van der Waals surface area contributed by atoms with Gasteiger partial charge in [-0.05, 0) is 35.2 Å². The molecule has 0 aliphatic heterocycles. The zero-order valence-corrected chi connectivity index (χ0v) is 16.2. The Morgan fingerprint density at radius 2 is 1.79 bits per heavy atom. The van der Waals surface area contributed by atoms with E-state index < -0.39 is 0 Å². The van der Waals surface area contributed by atoms with Crippen LogP contribution in [0, 0.1) is 0 Å². The van der Waals surface area contributed by atoms with Crippen molar-refractivity contribution in [3.05, 3.63) is 53.7 Å². The van der Waals surface area contributed by atoms with Crippen LogP contribution in [0.3, 0.4) is 0 Å². The van der Waals surface area contributed by atoms with Crippen molar-refractivity contribution >= 4 is 39.5 Å². The molecule has 0 fully saturated rings. The third-order valence-corrected chi connectivity index (χ3v) is 5.24. The van der Waals surface area contributed by atoms with Crippen molar-refractivity contribution in [2.45, 2.75) is 26.3 Å². The molecule has 142 valence electrons. The van der Waals surface area contributed by atoms with Gasteiger partial charge in [0.1, 0.15) is 5.82 Å². The fraction of sp³-hybridized carbons (Fsp3) is 0.238. The summed E-state index contributed by atoms with van der Waals surface area (Å²) < 4.78 is 0. The van der Waals surface area contributed by atoms with Crippen molar-refractivity contribution in [3.8, 4) is 0 Å². The first kappa shape index (κ1) is 17.9. The summed E-state index contributed by atoms with van der Waals surface area (Å²) in [6, 6.07) is 12.9. The van der Waals surface area contributed by atoms with Crippen LogP contribution in [0.4, 0.5) is 17.7 Å². The number of rotatable bonds is 4. The Balaban J connectivity index is 1.81. The van der Waals surface area contributed by atoms with E-state index in [4.69, 9.17) is 11.5 Å². The molecule has 1 unspecified atom stereocenters. The Hall–Kier alpha value is -3.48. The molecule has 1 atom stereocenters. The highest BCUT2D eigenvalue weighted by Gasteiger charge is 2.20. The van der Waals surface area contributed by atoms with Crippen LogP contribution in [0.5, 0.6) is 0 Å². The first-order valence-electron chi connectivity index (χ1n) is 9.28. The number of nitrogens with two attached hydrogens (primary N) is 2. The second-order valence-electron chi connectivity index (χ2n) is 6.87. The first-order chi connectivity index (χ1) is 13.5. The van der Waals surface area contributed by atoms with E-state index in [1.807, 2.05) is 7.05 Å². The summed E-state index contributed by atoms with van der Waals surface area (Å²) in [6.07, 6.45) is 2.61. The van der Waals surface area contributed by atoms with Crippen molar-refractivity contribution < 1.29 is 0 Å². The highest BCUT2D eigenvalue weighted by atomic mass is 15.3. The lowest BCUT2D eigenvalue weighted by Gasteiger charge is -2.28. The molecule has 2 aromatic heterocycles. The summed E-state index contributed by atoms with van der Waals surface area (Å²) in [7, 11) is 1.99. The lowest BCUT2D eigenvalue weighted by molar-refractivity contribution is 0.714. The molecule has 0 radical (unpaired) electrons.